The smallest absolute Gasteiger partial charge is 0.348 e. The Kier molecular flexibility index (Phi) is 3.89. The number of carbonyl (C=O) groups is 3. The Morgan fingerprint density at radius 3 is 2.96 bits per heavy atom. The van der Waals surface area contributed by atoms with Crippen molar-refractivity contribution in [2.24, 2.45) is 0 Å². The van der Waals surface area contributed by atoms with Crippen molar-refractivity contribution in [2.75, 3.05) is 19.7 Å². The molecule has 2 aromatic rings. The van der Waals surface area contributed by atoms with Gasteiger partial charge in [0.15, 0.2) is 6.61 Å². The van der Waals surface area contributed by atoms with E-state index in [-0.39, 0.29) is 6.54 Å². The van der Waals surface area contributed by atoms with Gasteiger partial charge in [-0.1, -0.05) is 12.1 Å². The van der Waals surface area contributed by atoms with E-state index >= 15 is 0 Å². The van der Waals surface area contributed by atoms with Crippen LogP contribution in [0.3, 0.4) is 0 Å². The van der Waals surface area contributed by atoms with Gasteiger partial charge in [0.05, 0.1) is 0 Å². The lowest BCUT2D eigenvalue weighted by molar-refractivity contribution is -0.130. The molecular weight excluding hydrogens is 344 g/mol. The Bertz CT molecular complexity index is 876. The van der Waals surface area contributed by atoms with Crippen LogP contribution in [-0.4, -0.2) is 42.5 Å². The molecule has 4 rings (SSSR count). The first kappa shape index (κ1) is 15.6. The van der Waals surface area contributed by atoms with Crippen LogP contribution in [0.5, 0.6) is 5.75 Å². The van der Waals surface area contributed by atoms with Gasteiger partial charge in [-0.25, -0.2) is 9.59 Å². The summed E-state index contributed by atoms with van der Waals surface area (Å²) >= 11 is 1.31. The molecule has 0 saturated carbocycles. The number of fused-ring (bicyclic) bond motifs is 3. The van der Waals surface area contributed by atoms with Crippen LogP contribution in [0.1, 0.15) is 15.2 Å². The number of nitrogens with zero attached hydrogens (tertiary/aromatic N) is 1. The van der Waals surface area contributed by atoms with Gasteiger partial charge in [-0.2, -0.15) is 0 Å². The summed E-state index contributed by atoms with van der Waals surface area (Å²) in [5.41, 5.74) is 1.86. The van der Waals surface area contributed by atoms with Gasteiger partial charge in [0.1, 0.15) is 17.2 Å². The number of hydrogen-bond acceptors (Lipinski definition) is 6. The molecule has 2 aliphatic heterocycles. The average molecular weight is 358 g/mol. The van der Waals surface area contributed by atoms with Gasteiger partial charge in [-0.05, 0) is 18.2 Å². The van der Waals surface area contributed by atoms with Crippen molar-refractivity contribution < 1.29 is 23.9 Å². The first-order valence-corrected chi connectivity index (χ1v) is 8.55. The van der Waals surface area contributed by atoms with Crippen LogP contribution in [-0.2, 0) is 16.1 Å². The van der Waals surface area contributed by atoms with E-state index in [2.05, 4.69) is 5.32 Å². The Labute approximate surface area is 147 Å². The number of imide groups is 1. The third-order valence-corrected chi connectivity index (χ3v) is 5.20. The fourth-order valence-corrected chi connectivity index (χ4v) is 3.88. The van der Waals surface area contributed by atoms with E-state index in [1.165, 1.54) is 11.3 Å². The lowest BCUT2D eigenvalue weighted by Crippen LogP contribution is -2.37. The Morgan fingerprint density at radius 2 is 2.16 bits per heavy atom. The summed E-state index contributed by atoms with van der Waals surface area (Å²) < 4.78 is 10.7. The van der Waals surface area contributed by atoms with E-state index in [0.29, 0.717) is 18.0 Å². The molecule has 1 saturated heterocycles. The number of esters is 1. The third kappa shape index (κ3) is 2.85. The van der Waals surface area contributed by atoms with Crippen LogP contribution in [0.25, 0.3) is 10.4 Å². The van der Waals surface area contributed by atoms with Crippen LogP contribution in [0.4, 0.5) is 4.79 Å². The van der Waals surface area contributed by atoms with E-state index in [9.17, 15) is 14.4 Å². The largest absolute Gasteiger partial charge is 0.488 e. The van der Waals surface area contributed by atoms with E-state index in [4.69, 9.17) is 9.47 Å². The number of urea groups is 1. The zero-order chi connectivity index (χ0) is 17.4. The number of carbonyl (C=O) groups excluding carboxylic acids is 3. The van der Waals surface area contributed by atoms with Crippen molar-refractivity contribution in [1.82, 2.24) is 10.2 Å². The number of para-hydroxylation sites is 1. The van der Waals surface area contributed by atoms with E-state index < -0.39 is 24.5 Å². The van der Waals surface area contributed by atoms with Crippen LogP contribution in [0.2, 0.25) is 0 Å². The van der Waals surface area contributed by atoms with Crippen molar-refractivity contribution >= 4 is 29.2 Å². The van der Waals surface area contributed by atoms with Crippen LogP contribution < -0.4 is 10.1 Å². The molecule has 1 aromatic carbocycles. The molecule has 0 bridgehead atoms. The summed E-state index contributed by atoms with van der Waals surface area (Å²) in [5.74, 6) is -0.324. The molecule has 0 atom stereocenters. The van der Waals surface area contributed by atoms with Crippen molar-refractivity contribution in [2.45, 2.75) is 6.61 Å². The van der Waals surface area contributed by atoms with Gasteiger partial charge in [0.25, 0.3) is 5.91 Å². The molecule has 1 N–H and O–H groups in total. The van der Waals surface area contributed by atoms with Gasteiger partial charge in [0, 0.05) is 29.1 Å². The van der Waals surface area contributed by atoms with Gasteiger partial charge in [-0.15, -0.1) is 11.3 Å². The van der Waals surface area contributed by atoms with E-state index in [1.807, 2.05) is 24.3 Å². The average Bonchev–Trinajstić information content (AvgIpc) is 3.25. The first-order chi connectivity index (χ1) is 12.1. The van der Waals surface area contributed by atoms with Crippen LogP contribution in [0.15, 0.2) is 30.3 Å². The Balaban J connectivity index is 1.46. The highest BCUT2D eigenvalue weighted by molar-refractivity contribution is 7.17. The number of thiophene rings is 1. The van der Waals surface area contributed by atoms with Crippen LogP contribution in [0, 0.1) is 0 Å². The fraction of sp³-hybridized carbons (Fsp3) is 0.235. The Morgan fingerprint density at radius 1 is 1.32 bits per heavy atom. The molecule has 7 nitrogen and oxygen atoms in total. The molecule has 0 radical (unpaired) electrons. The SMILES string of the molecule is O=C(OCC(=O)N1CCNC1=O)c1cc2c(s1)-c1ccccc1OC2. The van der Waals surface area contributed by atoms with Crippen molar-refractivity contribution in [3.63, 3.8) is 0 Å². The second-order valence-electron chi connectivity index (χ2n) is 5.60. The van der Waals surface area contributed by atoms with Crippen molar-refractivity contribution in [3.05, 3.63) is 40.8 Å². The zero-order valence-corrected chi connectivity index (χ0v) is 13.9. The minimum Gasteiger partial charge on any atom is -0.488 e. The predicted molar refractivity (Wildman–Crippen MR) is 89.5 cm³/mol. The molecule has 0 unspecified atom stereocenters. The molecule has 128 valence electrons. The fourth-order valence-electron chi connectivity index (χ4n) is 2.79. The van der Waals surface area contributed by atoms with Gasteiger partial charge in [0.2, 0.25) is 0 Å². The van der Waals surface area contributed by atoms with Crippen molar-refractivity contribution in [1.29, 1.82) is 0 Å². The highest BCUT2D eigenvalue weighted by Crippen LogP contribution is 2.42. The summed E-state index contributed by atoms with van der Waals surface area (Å²) in [6.07, 6.45) is 0. The number of rotatable bonds is 3. The topological polar surface area (TPSA) is 84.9 Å². The molecule has 1 aromatic heterocycles. The maximum Gasteiger partial charge on any atom is 0.348 e. The molecule has 25 heavy (non-hydrogen) atoms. The zero-order valence-electron chi connectivity index (χ0n) is 13.1. The molecule has 1 fully saturated rings. The maximum absolute atomic E-state index is 12.3. The number of ether oxygens (including phenoxy) is 2. The molecule has 2 aliphatic rings. The summed E-state index contributed by atoms with van der Waals surface area (Å²) in [4.78, 5) is 38.0. The molecule has 3 heterocycles. The lowest BCUT2D eigenvalue weighted by atomic mass is 10.1. The van der Waals surface area contributed by atoms with E-state index in [0.717, 1.165) is 26.7 Å². The number of nitrogens with one attached hydrogen (secondary N) is 1. The highest BCUT2D eigenvalue weighted by atomic mass is 32.1. The monoisotopic (exact) mass is 358 g/mol. The summed E-state index contributed by atoms with van der Waals surface area (Å²) in [7, 11) is 0. The molecular formula is C17H14N2O5S. The van der Waals surface area contributed by atoms with Crippen molar-refractivity contribution in [3.8, 4) is 16.2 Å². The lowest BCUT2D eigenvalue weighted by Gasteiger charge is -2.16. The van der Waals surface area contributed by atoms with Crippen LogP contribution >= 0.6 is 11.3 Å². The molecule has 3 amide bonds. The van der Waals surface area contributed by atoms with E-state index in [1.54, 1.807) is 6.07 Å². The van der Waals surface area contributed by atoms with Gasteiger partial charge < -0.3 is 14.8 Å². The second kappa shape index (κ2) is 6.21. The summed E-state index contributed by atoms with van der Waals surface area (Å²) in [6, 6.07) is 8.90. The van der Waals surface area contributed by atoms with Gasteiger partial charge in [-0.3, -0.25) is 9.69 Å². The predicted octanol–water partition coefficient (Wildman–Crippen LogP) is 2.02. The maximum atomic E-state index is 12.3. The standard InChI is InChI=1S/C17H14N2O5S/c20-14(19-6-5-18-17(19)22)9-24-16(21)13-7-10-8-23-12-4-2-1-3-11(12)15(10)25-13/h1-4,7H,5-6,8-9H2,(H,18,22). The number of amides is 3. The normalized spacial score (nSPS) is 15.0. The first-order valence-electron chi connectivity index (χ1n) is 7.74. The number of hydrogen-bond donors (Lipinski definition) is 1. The summed E-state index contributed by atoms with van der Waals surface area (Å²) in [5, 5.41) is 2.53. The van der Waals surface area contributed by atoms with Gasteiger partial charge >= 0.3 is 12.0 Å². The molecule has 0 spiro atoms. The quantitative estimate of drug-likeness (QED) is 0.849. The third-order valence-electron chi connectivity index (χ3n) is 4.01. The molecule has 0 aliphatic carbocycles. The highest BCUT2D eigenvalue weighted by Gasteiger charge is 2.28. The summed E-state index contributed by atoms with van der Waals surface area (Å²) in [6.45, 7) is 0.636. The molecule has 8 heteroatoms. The number of benzene rings is 1. The second-order valence-corrected chi connectivity index (χ2v) is 6.66. The Hall–Kier alpha value is -2.87. The minimum absolute atomic E-state index is 0.288. The minimum atomic E-state index is -0.579.